The lowest BCUT2D eigenvalue weighted by atomic mass is 10.1. The lowest BCUT2D eigenvalue weighted by Crippen LogP contribution is -1.94. The maximum Gasteiger partial charge on any atom is 0.219 e. The molecule has 0 aliphatic heterocycles. The molecule has 114 valence electrons. The van der Waals surface area contributed by atoms with Gasteiger partial charge in [0.05, 0.1) is 13.8 Å². The predicted molar refractivity (Wildman–Crippen MR) is 92.8 cm³/mol. The van der Waals surface area contributed by atoms with Crippen molar-refractivity contribution in [2.24, 2.45) is 0 Å². The minimum absolute atomic E-state index is 0.486. The molecule has 0 unspecified atom stereocenters. The topological polar surface area (TPSA) is 50.8 Å². The smallest absolute Gasteiger partial charge is 0.219 e. The van der Waals surface area contributed by atoms with Crippen molar-refractivity contribution in [3.05, 3.63) is 41.7 Å². The van der Waals surface area contributed by atoms with Crippen molar-refractivity contribution in [1.29, 1.82) is 0 Å². The van der Waals surface area contributed by atoms with E-state index in [-0.39, 0.29) is 0 Å². The summed E-state index contributed by atoms with van der Waals surface area (Å²) < 4.78 is 5.85. The zero-order valence-electron chi connectivity index (χ0n) is 13.3. The molecule has 0 aliphatic carbocycles. The van der Waals surface area contributed by atoms with E-state index in [9.17, 15) is 0 Å². The van der Waals surface area contributed by atoms with Gasteiger partial charge in [0.1, 0.15) is 5.65 Å². The molecule has 0 radical (unpaired) electrons. The molecule has 0 fully saturated rings. The summed E-state index contributed by atoms with van der Waals surface area (Å²) in [5.41, 5.74) is 5.18. The molecule has 4 nitrogen and oxygen atoms in total. The number of nitrogens with one attached hydrogen (secondary N) is 1. The second-order valence-corrected chi connectivity index (χ2v) is 7.32. The van der Waals surface area contributed by atoms with Crippen molar-refractivity contribution in [3.63, 3.8) is 0 Å². The van der Waals surface area contributed by atoms with Crippen molar-refractivity contribution in [1.82, 2.24) is 15.0 Å². The first-order valence-electron chi connectivity index (χ1n) is 7.37. The fraction of sp³-hybridized carbons (Fsp3) is 0.294. The number of aromatic amines is 1. The second-order valence-electron chi connectivity index (χ2n) is 5.51. The van der Waals surface area contributed by atoms with Crippen LogP contribution in [0.25, 0.3) is 22.3 Å². The van der Waals surface area contributed by atoms with Crippen molar-refractivity contribution in [2.75, 3.05) is 13.3 Å². The maximum atomic E-state index is 5.85. The molecular formula is C17H20N3OP. The number of nitrogens with zero attached hydrogens (tertiary/aromatic N) is 2. The third kappa shape index (κ3) is 2.84. The fourth-order valence-electron chi connectivity index (χ4n) is 2.43. The van der Waals surface area contributed by atoms with Gasteiger partial charge in [0.25, 0.3) is 0 Å². The van der Waals surface area contributed by atoms with Gasteiger partial charge in [-0.25, -0.2) is 9.97 Å². The van der Waals surface area contributed by atoms with Crippen LogP contribution in [0.15, 0.2) is 30.6 Å². The van der Waals surface area contributed by atoms with Crippen LogP contribution in [0.2, 0.25) is 0 Å². The molecule has 0 amide bonds. The first kappa shape index (κ1) is 15.0. The molecule has 0 spiro atoms. The van der Waals surface area contributed by atoms with Gasteiger partial charge < -0.3 is 9.51 Å². The van der Waals surface area contributed by atoms with E-state index >= 15 is 0 Å². The Bertz CT molecular complexity index is 811. The Morgan fingerprint density at radius 2 is 2.09 bits per heavy atom. The number of hydrogen-bond acceptors (Lipinski definition) is 3. The van der Waals surface area contributed by atoms with Crippen LogP contribution in [-0.4, -0.2) is 28.3 Å². The highest BCUT2D eigenvalue weighted by molar-refractivity contribution is 7.51. The van der Waals surface area contributed by atoms with Crippen molar-refractivity contribution >= 4 is 19.2 Å². The van der Waals surface area contributed by atoms with Crippen LogP contribution in [0.5, 0.6) is 5.88 Å². The second kappa shape index (κ2) is 6.05. The van der Waals surface area contributed by atoms with E-state index in [4.69, 9.17) is 4.52 Å². The van der Waals surface area contributed by atoms with Crippen LogP contribution in [0, 0.1) is 6.92 Å². The summed E-state index contributed by atoms with van der Waals surface area (Å²) in [6.45, 7) is 8.32. The first-order valence-corrected chi connectivity index (χ1v) is 9.53. The van der Waals surface area contributed by atoms with Gasteiger partial charge in [-0.3, -0.25) is 0 Å². The maximum absolute atomic E-state index is 5.85. The molecule has 5 heteroatoms. The molecular weight excluding hydrogens is 293 g/mol. The Morgan fingerprint density at radius 3 is 2.82 bits per heavy atom. The van der Waals surface area contributed by atoms with Crippen molar-refractivity contribution in [3.8, 4) is 17.1 Å². The van der Waals surface area contributed by atoms with E-state index in [0.717, 1.165) is 40.2 Å². The van der Waals surface area contributed by atoms with E-state index in [1.165, 1.54) is 5.56 Å². The van der Waals surface area contributed by atoms with Gasteiger partial charge in [-0.15, -0.1) is 0 Å². The Morgan fingerprint density at radius 1 is 1.27 bits per heavy atom. The highest BCUT2D eigenvalue weighted by atomic mass is 31.1. The summed E-state index contributed by atoms with van der Waals surface area (Å²) in [6, 6.07) is 6.23. The first-order chi connectivity index (χ1) is 10.6. The Balaban J connectivity index is 2.06. The summed E-state index contributed by atoms with van der Waals surface area (Å²) in [4.78, 5) is 12.4. The summed E-state index contributed by atoms with van der Waals surface area (Å²) in [5.74, 6) is 0.721. The van der Waals surface area contributed by atoms with Gasteiger partial charge in [-0.1, -0.05) is 13.0 Å². The summed E-state index contributed by atoms with van der Waals surface area (Å²) >= 11 is 0. The number of aromatic nitrogens is 3. The third-order valence-corrected chi connectivity index (χ3v) is 4.15. The van der Waals surface area contributed by atoms with Crippen molar-refractivity contribution in [2.45, 2.75) is 20.3 Å². The molecule has 0 saturated heterocycles. The number of aryl methyl sites for hydroxylation is 2. The van der Waals surface area contributed by atoms with Gasteiger partial charge in [0.15, 0.2) is 0 Å². The van der Waals surface area contributed by atoms with E-state index < -0.39 is 8.15 Å². The van der Waals surface area contributed by atoms with Gasteiger partial charge in [0.2, 0.25) is 5.88 Å². The molecule has 0 aromatic carbocycles. The minimum atomic E-state index is -0.486. The van der Waals surface area contributed by atoms with E-state index in [2.05, 4.69) is 47.3 Å². The summed E-state index contributed by atoms with van der Waals surface area (Å²) in [7, 11) is -0.486. The van der Waals surface area contributed by atoms with Crippen LogP contribution in [0.4, 0.5) is 0 Å². The quantitative estimate of drug-likeness (QED) is 0.720. The highest BCUT2D eigenvalue weighted by Crippen LogP contribution is 2.33. The number of pyridine rings is 2. The Kier molecular flexibility index (Phi) is 4.12. The number of fused-ring (bicyclic) bond motifs is 1. The number of H-pyrrole nitrogens is 1. The summed E-state index contributed by atoms with van der Waals surface area (Å²) in [6.07, 6.45) is 4.87. The van der Waals surface area contributed by atoms with E-state index in [1.807, 2.05) is 25.4 Å². The number of rotatable bonds is 4. The lowest BCUT2D eigenvalue weighted by molar-refractivity contribution is 0.590. The highest BCUT2D eigenvalue weighted by Gasteiger charge is 2.10. The van der Waals surface area contributed by atoms with Crippen LogP contribution >= 0.6 is 8.15 Å². The molecule has 3 heterocycles. The Hall–Kier alpha value is -1.93. The molecule has 1 N–H and O–H groups in total. The largest absolute Gasteiger partial charge is 0.457 e. The minimum Gasteiger partial charge on any atom is -0.457 e. The molecule has 0 saturated carbocycles. The Labute approximate surface area is 131 Å². The standard InChI is InChI=1S/C17H20N3OP/c1-5-12-9-18-16-14(12)8-13(10-19-16)15-7-6-11(2)17(20-15)21-22(3)4/h6-10H,5H2,1-4H3,(H,18,19). The van der Waals surface area contributed by atoms with E-state index in [1.54, 1.807) is 0 Å². The molecule has 22 heavy (non-hydrogen) atoms. The van der Waals surface area contributed by atoms with E-state index in [0.29, 0.717) is 0 Å². The van der Waals surface area contributed by atoms with Gasteiger partial charge in [-0.05, 0) is 44.4 Å². The van der Waals surface area contributed by atoms with Gasteiger partial charge in [0, 0.05) is 28.9 Å². The lowest BCUT2D eigenvalue weighted by Gasteiger charge is -2.12. The zero-order valence-corrected chi connectivity index (χ0v) is 14.2. The number of hydrogen-bond donors (Lipinski definition) is 1. The molecule has 3 rings (SSSR count). The van der Waals surface area contributed by atoms with Gasteiger partial charge in [-0.2, -0.15) is 0 Å². The van der Waals surface area contributed by atoms with Crippen LogP contribution in [0.1, 0.15) is 18.1 Å². The van der Waals surface area contributed by atoms with Crippen LogP contribution < -0.4 is 4.52 Å². The summed E-state index contributed by atoms with van der Waals surface area (Å²) in [5, 5.41) is 1.16. The fourth-order valence-corrected chi connectivity index (χ4v) is 2.96. The molecule has 0 atom stereocenters. The van der Waals surface area contributed by atoms with Crippen LogP contribution in [-0.2, 0) is 6.42 Å². The average Bonchev–Trinajstić information content (AvgIpc) is 2.91. The monoisotopic (exact) mass is 313 g/mol. The molecule has 0 aliphatic rings. The van der Waals surface area contributed by atoms with Crippen molar-refractivity contribution < 1.29 is 4.52 Å². The zero-order chi connectivity index (χ0) is 15.7. The molecule has 3 aromatic heterocycles. The van der Waals surface area contributed by atoms with Crippen LogP contribution in [0.3, 0.4) is 0 Å². The third-order valence-electron chi connectivity index (χ3n) is 3.61. The molecule has 0 bridgehead atoms. The SMILES string of the molecule is CCc1c[nH]c2ncc(-c3ccc(C)c(OP(C)C)n3)cc12. The van der Waals surface area contributed by atoms with Gasteiger partial charge >= 0.3 is 0 Å². The molecule has 3 aromatic rings. The predicted octanol–water partition coefficient (Wildman–Crippen LogP) is 4.53. The average molecular weight is 313 g/mol. The normalized spacial score (nSPS) is 11.3.